The lowest BCUT2D eigenvalue weighted by molar-refractivity contribution is 1.08. The predicted octanol–water partition coefficient (Wildman–Crippen LogP) is 0.0201. The fourth-order valence-electron chi connectivity index (χ4n) is 0.385. The SMILES string of the molecule is N=C=S.Nc1cc[nH]c(=O)n1. The molecule has 1 heterocycles. The van der Waals surface area contributed by atoms with Crippen molar-refractivity contribution in [2.75, 3.05) is 5.73 Å². The molecule has 6 heteroatoms. The number of nitrogens with two attached hydrogens (primary N) is 1. The van der Waals surface area contributed by atoms with E-state index in [1.807, 2.05) is 0 Å². The molecular formula is C5H6N4OS. The topological polar surface area (TPSA) is 95.6 Å². The number of H-pyrrole nitrogens is 1. The molecule has 1 aromatic rings. The van der Waals surface area contributed by atoms with E-state index in [2.05, 4.69) is 22.2 Å². The fraction of sp³-hybridized carbons (Fsp3) is 0. The van der Waals surface area contributed by atoms with Crippen LogP contribution in [0.5, 0.6) is 0 Å². The summed E-state index contributed by atoms with van der Waals surface area (Å²) >= 11 is 3.81. The van der Waals surface area contributed by atoms with Crippen LogP contribution in [0.25, 0.3) is 0 Å². The second-order valence-corrected chi connectivity index (χ2v) is 1.63. The number of aromatic nitrogens is 2. The molecule has 0 bridgehead atoms. The molecule has 0 spiro atoms. The molecule has 0 radical (unpaired) electrons. The number of hydrogen-bond acceptors (Lipinski definition) is 5. The number of rotatable bonds is 0. The Morgan fingerprint density at radius 3 is 2.64 bits per heavy atom. The van der Waals surface area contributed by atoms with Crippen LogP contribution >= 0.6 is 12.2 Å². The van der Waals surface area contributed by atoms with Gasteiger partial charge in [0.2, 0.25) is 0 Å². The lowest BCUT2D eigenvalue weighted by Gasteiger charge is -1.83. The average molecular weight is 170 g/mol. The molecule has 0 aliphatic rings. The lowest BCUT2D eigenvalue weighted by Crippen LogP contribution is -2.10. The van der Waals surface area contributed by atoms with Gasteiger partial charge in [-0.25, -0.2) is 10.2 Å². The Morgan fingerprint density at radius 1 is 1.82 bits per heavy atom. The number of anilines is 1. The summed E-state index contributed by atoms with van der Waals surface area (Å²) in [6.45, 7) is 0. The van der Waals surface area contributed by atoms with E-state index >= 15 is 0 Å². The normalized spacial score (nSPS) is 7.27. The third-order valence-electron chi connectivity index (χ3n) is 0.692. The van der Waals surface area contributed by atoms with Crippen molar-refractivity contribution < 1.29 is 0 Å². The third kappa shape index (κ3) is 4.95. The first-order chi connectivity index (χ1) is 5.20. The van der Waals surface area contributed by atoms with Crippen molar-refractivity contribution in [3.63, 3.8) is 0 Å². The molecule has 1 aromatic heterocycles. The highest BCUT2D eigenvalue weighted by molar-refractivity contribution is 7.78. The molecule has 0 fully saturated rings. The van der Waals surface area contributed by atoms with E-state index in [4.69, 9.17) is 11.1 Å². The molecule has 1 rings (SSSR count). The Balaban J connectivity index is 0.000000292. The van der Waals surface area contributed by atoms with Crippen LogP contribution in [-0.2, 0) is 0 Å². The summed E-state index contributed by atoms with van der Waals surface area (Å²) in [5, 5.41) is 7.36. The molecule has 58 valence electrons. The Bertz CT molecular complexity index is 301. The average Bonchev–Trinajstić information content (AvgIpc) is 1.88. The Morgan fingerprint density at radius 2 is 2.36 bits per heavy atom. The zero-order chi connectivity index (χ0) is 8.69. The van der Waals surface area contributed by atoms with Crippen LogP contribution in [0.4, 0.5) is 5.82 Å². The first kappa shape index (κ1) is 9.48. The monoisotopic (exact) mass is 170 g/mol. The maximum Gasteiger partial charge on any atom is 0.346 e. The first-order valence-electron chi connectivity index (χ1n) is 2.55. The van der Waals surface area contributed by atoms with Gasteiger partial charge in [0, 0.05) is 6.20 Å². The van der Waals surface area contributed by atoms with Crippen LogP contribution in [0.1, 0.15) is 0 Å². The van der Waals surface area contributed by atoms with Crippen LogP contribution in [0, 0.1) is 5.41 Å². The second-order valence-electron chi connectivity index (χ2n) is 1.42. The van der Waals surface area contributed by atoms with Gasteiger partial charge in [-0.1, -0.05) is 0 Å². The van der Waals surface area contributed by atoms with Crippen molar-refractivity contribution in [1.29, 1.82) is 5.41 Å². The molecule has 0 saturated carbocycles. The van der Waals surface area contributed by atoms with Crippen LogP contribution in [0.2, 0.25) is 0 Å². The van der Waals surface area contributed by atoms with Gasteiger partial charge in [0.15, 0.2) is 0 Å². The van der Waals surface area contributed by atoms with Gasteiger partial charge in [-0.05, 0) is 18.3 Å². The summed E-state index contributed by atoms with van der Waals surface area (Å²) in [6.07, 6.45) is 1.45. The highest BCUT2D eigenvalue weighted by atomic mass is 32.1. The van der Waals surface area contributed by atoms with Gasteiger partial charge in [0.25, 0.3) is 0 Å². The van der Waals surface area contributed by atoms with Crippen molar-refractivity contribution >= 4 is 23.2 Å². The molecular weight excluding hydrogens is 164 g/mol. The van der Waals surface area contributed by atoms with Gasteiger partial charge in [-0.2, -0.15) is 4.98 Å². The lowest BCUT2D eigenvalue weighted by atomic mass is 10.6. The van der Waals surface area contributed by atoms with Gasteiger partial charge >= 0.3 is 5.69 Å². The molecule has 0 atom stereocenters. The highest BCUT2D eigenvalue weighted by Gasteiger charge is 1.81. The molecule has 0 saturated heterocycles. The van der Waals surface area contributed by atoms with E-state index in [0.717, 1.165) is 0 Å². The number of aromatic amines is 1. The van der Waals surface area contributed by atoms with E-state index in [-0.39, 0.29) is 5.82 Å². The zero-order valence-electron chi connectivity index (χ0n) is 5.50. The van der Waals surface area contributed by atoms with Gasteiger partial charge in [-0.3, -0.25) is 0 Å². The number of thiocarbonyl (C=S) groups is 1. The largest absolute Gasteiger partial charge is 0.383 e. The second kappa shape index (κ2) is 5.28. The Labute approximate surface area is 67.8 Å². The smallest absolute Gasteiger partial charge is 0.346 e. The summed E-state index contributed by atoms with van der Waals surface area (Å²) in [5.41, 5.74) is 4.72. The Hall–Kier alpha value is -1.52. The molecule has 5 nitrogen and oxygen atoms in total. The van der Waals surface area contributed by atoms with Gasteiger partial charge in [-0.15, -0.1) is 0 Å². The number of nitrogens with one attached hydrogen (secondary N) is 2. The predicted molar refractivity (Wildman–Crippen MR) is 44.6 cm³/mol. The van der Waals surface area contributed by atoms with Crippen LogP contribution in [0.3, 0.4) is 0 Å². The van der Waals surface area contributed by atoms with Crippen LogP contribution in [-0.4, -0.2) is 15.1 Å². The van der Waals surface area contributed by atoms with Gasteiger partial charge < -0.3 is 10.7 Å². The molecule has 0 amide bonds. The number of isothiocyanates is 1. The fourth-order valence-corrected chi connectivity index (χ4v) is 0.385. The van der Waals surface area contributed by atoms with Crippen molar-refractivity contribution in [3.05, 3.63) is 22.7 Å². The van der Waals surface area contributed by atoms with Gasteiger partial charge in [0.05, 0.1) is 5.16 Å². The quantitative estimate of drug-likeness (QED) is 0.378. The minimum Gasteiger partial charge on any atom is -0.383 e. The van der Waals surface area contributed by atoms with E-state index in [0.29, 0.717) is 0 Å². The van der Waals surface area contributed by atoms with Crippen molar-refractivity contribution in [2.24, 2.45) is 0 Å². The third-order valence-corrected chi connectivity index (χ3v) is 0.692. The van der Waals surface area contributed by atoms with E-state index in [1.54, 1.807) is 5.16 Å². The van der Waals surface area contributed by atoms with E-state index < -0.39 is 5.69 Å². The van der Waals surface area contributed by atoms with E-state index in [1.165, 1.54) is 12.3 Å². The van der Waals surface area contributed by atoms with E-state index in [9.17, 15) is 4.79 Å². The number of hydrogen-bond donors (Lipinski definition) is 3. The summed E-state index contributed by atoms with van der Waals surface area (Å²) in [6, 6.07) is 1.52. The molecule has 0 unspecified atom stereocenters. The molecule has 4 N–H and O–H groups in total. The summed E-state index contributed by atoms with van der Waals surface area (Å²) in [7, 11) is 0. The first-order valence-corrected chi connectivity index (χ1v) is 2.96. The van der Waals surface area contributed by atoms with Crippen molar-refractivity contribution in [3.8, 4) is 0 Å². The molecule has 0 aromatic carbocycles. The van der Waals surface area contributed by atoms with Crippen LogP contribution in [0.15, 0.2) is 17.1 Å². The van der Waals surface area contributed by atoms with Crippen LogP contribution < -0.4 is 11.4 Å². The maximum atomic E-state index is 10.2. The Kier molecular flexibility index (Phi) is 4.55. The summed E-state index contributed by atoms with van der Waals surface area (Å²) in [4.78, 5) is 15.9. The van der Waals surface area contributed by atoms with Crippen molar-refractivity contribution in [2.45, 2.75) is 0 Å². The van der Waals surface area contributed by atoms with Gasteiger partial charge in [0.1, 0.15) is 5.82 Å². The minimum atomic E-state index is -0.412. The summed E-state index contributed by atoms with van der Waals surface area (Å²) < 4.78 is 0. The summed E-state index contributed by atoms with van der Waals surface area (Å²) in [5.74, 6) is 0.244. The number of nitrogen functional groups attached to an aromatic ring is 1. The minimum absolute atomic E-state index is 0.244. The highest BCUT2D eigenvalue weighted by Crippen LogP contribution is 1.82. The van der Waals surface area contributed by atoms with Crippen molar-refractivity contribution in [1.82, 2.24) is 9.97 Å². The molecule has 0 aliphatic carbocycles. The molecule has 11 heavy (non-hydrogen) atoms. The zero-order valence-corrected chi connectivity index (χ0v) is 6.31. The standard InChI is InChI=1S/C4H5N3O.CHNS/c5-3-1-2-6-4(8)7-3;2-1-3/h1-2H,(H3,5,6,7,8);2H. The molecule has 0 aliphatic heterocycles. The maximum absolute atomic E-state index is 10.2. The number of nitrogens with zero attached hydrogens (tertiary/aromatic N) is 1.